The molecule has 0 aliphatic heterocycles. The van der Waals surface area contributed by atoms with E-state index < -0.39 is 36.4 Å². The Balaban J connectivity index is 2.60. The Labute approximate surface area is 115 Å². The summed E-state index contributed by atoms with van der Waals surface area (Å²) >= 11 is 0. The summed E-state index contributed by atoms with van der Waals surface area (Å²) < 4.78 is 36.3. The van der Waals surface area contributed by atoms with E-state index in [2.05, 4.69) is 0 Å². The van der Waals surface area contributed by atoms with Crippen LogP contribution in [0.5, 0.6) is 0 Å². The predicted molar refractivity (Wildman–Crippen MR) is 66.1 cm³/mol. The Morgan fingerprint density at radius 1 is 1.20 bits per heavy atom. The van der Waals surface area contributed by atoms with Crippen LogP contribution in [0, 0.1) is 5.41 Å². The highest BCUT2D eigenvalue weighted by molar-refractivity contribution is 5.85. The second-order valence-electron chi connectivity index (χ2n) is 5.50. The van der Waals surface area contributed by atoms with Crippen LogP contribution < -0.4 is 0 Å². The first-order valence-electron chi connectivity index (χ1n) is 6.70. The van der Waals surface area contributed by atoms with E-state index in [0.29, 0.717) is 12.8 Å². The third kappa shape index (κ3) is 4.68. The van der Waals surface area contributed by atoms with Gasteiger partial charge in [0.2, 0.25) is 5.91 Å². The molecule has 1 aliphatic carbocycles. The Morgan fingerprint density at radius 2 is 1.75 bits per heavy atom. The zero-order chi connectivity index (χ0) is 15.4. The average Bonchev–Trinajstić information content (AvgIpc) is 2.35. The normalized spacial score (nSPS) is 18.6. The van der Waals surface area contributed by atoms with E-state index in [1.54, 1.807) is 0 Å². The summed E-state index contributed by atoms with van der Waals surface area (Å²) in [5.74, 6) is -1.55. The molecule has 0 radical (unpaired) electrons. The molecule has 0 saturated heterocycles. The summed E-state index contributed by atoms with van der Waals surface area (Å²) in [7, 11) is 1.28. The van der Waals surface area contributed by atoms with Gasteiger partial charge in [0.25, 0.3) is 0 Å². The summed E-state index contributed by atoms with van der Waals surface area (Å²) in [6.07, 6.45) is -2.34. The fourth-order valence-corrected chi connectivity index (χ4v) is 2.54. The van der Waals surface area contributed by atoms with Gasteiger partial charge in [-0.3, -0.25) is 9.59 Å². The highest BCUT2D eigenvalue weighted by Gasteiger charge is 2.42. The number of amides is 1. The molecular formula is C13H20F3NO3. The van der Waals surface area contributed by atoms with Crippen molar-refractivity contribution in [1.29, 1.82) is 0 Å². The molecule has 0 aromatic rings. The zero-order valence-electron chi connectivity index (χ0n) is 11.5. The number of hydrogen-bond acceptors (Lipinski definition) is 2. The number of halogens is 3. The number of carbonyl (C=O) groups is 2. The average molecular weight is 295 g/mol. The van der Waals surface area contributed by atoms with Crippen molar-refractivity contribution >= 4 is 11.9 Å². The molecule has 0 aromatic heterocycles. The van der Waals surface area contributed by atoms with Gasteiger partial charge in [0, 0.05) is 20.0 Å². The molecule has 1 rings (SSSR count). The van der Waals surface area contributed by atoms with E-state index in [-0.39, 0.29) is 6.42 Å². The summed E-state index contributed by atoms with van der Waals surface area (Å²) in [6, 6.07) is 0. The molecule has 1 aliphatic rings. The van der Waals surface area contributed by atoms with Gasteiger partial charge in [0.1, 0.15) is 0 Å². The van der Waals surface area contributed by atoms with Gasteiger partial charge in [-0.1, -0.05) is 19.3 Å². The number of nitrogens with zero attached hydrogens (tertiary/aromatic N) is 1. The molecule has 7 heteroatoms. The zero-order valence-corrected chi connectivity index (χ0v) is 11.5. The first-order chi connectivity index (χ1) is 9.16. The Bertz CT molecular complexity index is 362. The van der Waals surface area contributed by atoms with E-state index in [4.69, 9.17) is 0 Å². The molecule has 1 fully saturated rings. The number of alkyl halides is 3. The molecule has 0 unspecified atom stereocenters. The summed E-state index contributed by atoms with van der Waals surface area (Å²) in [6.45, 7) is -0.433. The maximum absolute atomic E-state index is 12.1. The molecule has 0 atom stereocenters. The third-order valence-corrected chi connectivity index (χ3v) is 3.91. The van der Waals surface area contributed by atoms with Gasteiger partial charge in [0.15, 0.2) is 0 Å². The van der Waals surface area contributed by atoms with E-state index in [1.807, 2.05) is 0 Å². The lowest BCUT2D eigenvalue weighted by molar-refractivity contribution is -0.157. The summed E-state index contributed by atoms with van der Waals surface area (Å²) in [4.78, 5) is 24.3. The number of carboxylic acids is 1. The molecule has 1 N–H and O–H groups in total. The maximum Gasteiger partial charge on any atom is 0.390 e. The second kappa shape index (κ2) is 6.45. The lowest BCUT2D eigenvalue weighted by Gasteiger charge is -2.33. The number of aliphatic carboxylic acids is 1. The predicted octanol–water partition coefficient (Wildman–Crippen LogP) is 2.82. The molecule has 0 aromatic carbocycles. The van der Waals surface area contributed by atoms with Crippen LogP contribution in [0.3, 0.4) is 0 Å². The summed E-state index contributed by atoms with van der Waals surface area (Å²) in [5.41, 5.74) is -1.10. The van der Waals surface area contributed by atoms with Crippen LogP contribution in [-0.4, -0.2) is 41.7 Å². The highest BCUT2D eigenvalue weighted by Crippen LogP contribution is 2.40. The lowest BCUT2D eigenvalue weighted by Crippen LogP contribution is -2.40. The second-order valence-corrected chi connectivity index (χ2v) is 5.50. The van der Waals surface area contributed by atoms with Crippen LogP contribution >= 0.6 is 0 Å². The minimum atomic E-state index is -4.32. The topological polar surface area (TPSA) is 57.6 Å². The molecule has 1 amide bonds. The number of carboxylic acid groups (broad SMARTS) is 1. The van der Waals surface area contributed by atoms with Gasteiger partial charge < -0.3 is 10.0 Å². The van der Waals surface area contributed by atoms with Crippen LogP contribution in [0.1, 0.15) is 44.9 Å². The highest BCUT2D eigenvalue weighted by atomic mass is 19.4. The van der Waals surface area contributed by atoms with Crippen LogP contribution in [0.2, 0.25) is 0 Å². The minimum absolute atomic E-state index is 0.212. The summed E-state index contributed by atoms with van der Waals surface area (Å²) in [5, 5.41) is 9.33. The largest absolute Gasteiger partial charge is 0.481 e. The van der Waals surface area contributed by atoms with Gasteiger partial charge in [-0.25, -0.2) is 0 Å². The Kier molecular flexibility index (Phi) is 5.42. The third-order valence-electron chi connectivity index (χ3n) is 3.91. The van der Waals surface area contributed by atoms with Gasteiger partial charge in [-0.05, 0) is 12.8 Å². The minimum Gasteiger partial charge on any atom is -0.481 e. The number of rotatable bonds is 5. The van der Waals surface area contributed by atoms with Gasteiger partial charge in [-0.15, -0.1) is 0 Å². The monoisotopic (exact) mass is 295 g/mol. The molecule has 116 valence electrons. The van der Waals surface area contributed by atoms with E-state index in [9.17, 15) is 27.9 Å². The van der Waals surface area contributed by atoms with Crippen molar-refractivity contribution in [1.82, 2.24) is 4.90 Å². The van der Waals surface area contributed by atoms with E-state index >= 15 is 0 Å². The molecule has 4 nitrogen and oxygen atoms in total. The number of carbonyl (C=O) groups excluding carboxylic acids is 1. The molecule has 0 spiro atoms. The molecule has 1 saturated carbocycles. The standard InChI is InChI=1S/C13H20F3NO3/c1-17(8-7-13(14,15)16)10(18)9-12(11(19)20)5-3-2-4-6-12/h2-9H2,1H3,(H,19,20). The molecule has 0 heterocycles. The quantitative estimate of drug-likeness (QED) is 0.848. The molecular weight excluding hydrogens is 275 g/mol. The molecule has 20 heavy (non-hydrogen) atoms. The van der Waals surface area contributed by atoms with Crippen molar-refractivity contribution in [3.05, 3.63) is 0 Å². The van der Waals surface area contributed by atoms with Crippen molar-refractivity contribution < 1.29 is 27.9 Å². The van der Waals surface area contributed by atoms with Crippen molar-refractivity contribution in [2.24, 2.45) is 5.41 Å². The first-order valence-corrected chi connectivity index (χ1v) is 6.70. The van der Waals surface area contributed by atoms with Crippen LogP contribution in [0.25, 0.3) is 0 Å². The SMILES string of the molecule is CN(CCC(F)(F)F)C(=O)CC1(C(=O)O)CCCCC1. The van der Waals surface area contributed by atoms with Crippen molar-refractivity contribution in [3.8, 4) is 0 Å². The fraction of sp³-hybridized carbons (Fsp3) is 0.846. The molecule has 0 bridgehead atoms. The van der Waals surface area contributed by atoms with Crippen LogP contribution in [0.4, 0.5) is 13.2 Å². The Hall–Kier alpha value is -1.27. The first kappa shape index (κ1) is 16.8. The van der Waals surface area contributed by atoms with Crippen molar-refractivity contribution in [2.45, 2.75) is 51.1 Å². The maximum atomic E-state index is 12.1. The van der Waals surface area contributed by atoms with Crippen LogP contribution in [0.15, 0.2) is 0 Å². The fourth-order valence-electron chi connectivity index (χ4n) is 2.54. The van der Waals surface area contributed by atoms with E-state index in [0.717, 1.165) is 24.2 Å². The van der Waals surface area contributed by atoms with Gasteiger partial charge in [-0.2, -0.15) is 13.2 Å². The van der Waals surface area contributed by atoms with Gasteiger partial charge >= 0.3 is 12.1 Å². The number of hydrogen-bond donors (Lipinski definition) is 1. The van der Waals surface area contributed by atoms with Gasteiger partial charge in [0.05, 0.1) is 11.8 Å². The lowest BCUT2D eigenvalue weighted by atomic mass is 9.71. The Morgan fingerprint density at radius 3 is 2.20 bits per heavy atom. The van der Waals surface area contributed by atoms with Crippen LogP contribution in [-0.2, 0) is 9.59 Å². The van der Waals surface area contributed by atoms with Crippen molar-refractivity contribution in [2.75, 3.05) is 13.6 Å². The van der Waals surface area contributed by atoms with Crippen molar-refractivity contribution in [3.63, 3.8) is 0 Å². The van der Waals surface area contributed by atoms with E-state index in [1.165, 1.54) is 7.05 Å². The smallest absolute Gasteiger partial charge is 0.390 e.